The van der Waals surface area contributed by atoms with Gasteiger partial charge in [-0.15, -0.1) is 11.3 Å². The number of hydrogen-bond acceptors (Lipinski definition) is 3. The number of carbonyl (C=O) groups excluding carboxylic acids is 2. The van der Waals surface area contributed by atoms with Crippen LogP contribution in [-0.4, -0.2) is 32.9 Å². The summed E-state index contributed by atoms with van der Waals surface area (Å²) >= 11 is 7.82. The first-order chi connectivity index (χ1) is 16.3. The Hall–Kier alpha value is -2.31. The number of nitrogens with zero attached hydrogens (tertiary/aromatic N) is 2. The van der Waals surface area contributed by atoms with Crippen LogP contribution in [-0.2, 0) is 24.3 Å². The van der Waals surface area contributed by atoms with Gasteiger partial charge in [-0.2, -0.15) is 0 Å². The Morgan fingerprint density at radius 2 is 1.88 bits per heavy atom. The van der Waals surface area contributed by atoms with E-state index in [2.05, 4.69) is 29.8 Å². The molecule has 34 heavy (non-hydrogen) atoms. The number of fused-ring (bicyclic) bond motifs is 3. The maximum absolute atomic E-state index is 13.9. The Morgan fingerprint density at radius 1 is 1.18 bits per heavy atom. The van der Waals surface area contributed by atoms with Gasteiger partial charge < -0.3 is 14.8 Å². The maximum Gasteiger partial charge on any atom is 0.271 e. The summed E-state index contributed by atoms with van der Waals surface area (Å²) in [4.78, 5) is 30.8. The fraction of sp³-hybridized carbons (Fsp3) is 0.481. The van der Waals surface area contributed by atoms with Gasteiger partial charge in [-0.05, 0) is 74.8 Å². The number of benzene rings is 1. The molecule has 2 aromatic heterocycles. The van der Waals surface area contributed by atoms with Crippen molar-refractivity contribution >= 4 is 45.0 Å². The fourth-order valence-electron chi connectivity index (χ4n) is 5.33. The van der Waals surface area contributed by atoms with Crippen molar-refractivity contribution in [2.45, 2.75) is 77.5 Å². The van der Waals surface area contributed by atoms with Gasteiger partial charge in [0.05, 0.1) is 16.8 Å². The summed E-state index contributed by atoms with van der Waals surface area (Å²) in [6, 6.07) is 11.9. The molecule has 1 aromatic carbocycles. The van der Waals surface area contributed by atoms with Crippen molar-refractivity contribution in [3.63, 3.8) is 0 Å². The van der Waals surface area contributed by atoms with E-state index in [1.165, 1.54) is 4.88 Å². The van der Waals surface area contributed by atoms with Crippen molar-refractivity contribution in [3.05, 3.63) is 57.6 Å². The second-order valence-corrected chi connectivity index (χ2v) is 11.8. The number of nitrogens with one attached hydrogen (secondary N) is 1. The summed E-state index contributed by atoms with van der Waals surface area (Å²) in [6.07, 6.45) is 5.22. The van der Waals surface area contributed by atoms with Crippen molar-refractivity contribution in [1.29, 1.82) is 0 Å². The second kappa shape index (κ2) is 9.04. The molecule has 7 heteroatoms. The lowest BCUT2D eigenvalue weighted by Crippen LogP contribution is -2.64. The number of amides is 2. The van der Waals surface area contributed by atoms with Crippen LogP contribution in [0.3, 0.4) is 0 Å². The third kappa shape index (κ3) is 4.16. The van der Waals surface area contributed by atoms with Crippen molar-refractivity contribution in [2.75, 3.05) is 0 Å². The van der Waals surface area contributed by atoms with E-state index in [0.29, 0.717) is 29.7 Å². The fourth-order valence-corrected chi connectivity index (χ4v) is 6.50. The first-order valence-corrected chi connectivity index (χ1v) is 13.5. The van der Waals surface area contributed by atoms with Crippen molar-refractivity contribution in [2.24, 2.45) is 5.92 Å². The summed E-state index contributed by atoms with van der Waals surface area (Å²) < 4.78 is 3.17. The molecule has 1 N–H and O–H groups in total. The second-order valence-electron chi connectivity index (χ2n) is 10.2. The monoisotopic (exact) mass is 497 g/mol. The molecule has 2 aliphatic rings. The lowest BCUT2D eigenvalue weighted by molar-refractivity contribution is -0.134. The number of thiophene rings is 1. The minimum atomic E-state index is -0.993. The number of rotatable bonds is 5. The van der Waals surface area contributed by atoms with Gasteiger partial charge in [0.2, 0.25) is 5.91 Å². The summed E-state index contributed by atoms with van der Waals surface area (Å²) in [5, 5.41) is 3.97. The topological polar surface area (TPSA) is 54.3 Å². The summed E-state index contributed by atoms with van der Waals surface area (Å²) in [6.45, 7) is 7.14. The molecule has 0 spiro atoms. The highest BCUT2D eigenvalue weighted by Gasteiger charge is 2.48. The Balaban J connectivity index is 1.51. The van der Waals surface area contributed by atoms with Crippen molar-refractivity contribution in [1.82, 2.24) is 14.8 Å². The van der Waals surface area contributed by atoms with Crippen LogP contribution in [0.4, 0.5) is 0 Å². The van der Waals surface area contributed by atoms with Gasteiger partial charge in [-0.25, -0.2) is 0 Å². The Bertz CT molecular complexity index is 1220. The van der Waals surface area contributed by atoms with Crippen LogP contribution in [0.5, 0.6) is 0 Å². The molecule has 3 aromatic rings. The molecule has 5 nitrogen and oxygen atoms in total. The Kier molecular flexibility index (Phi) is 6.23. The number of aryl methyl sites for hydroxylation is 1. The lowest BCUT2D eigenvalue weighted by atomic mass is 9.86. The highest BCUT2D eigenvalue weighted by atomic mass is 35.5. The smallest absolute Gasteiger partial charge is 0.271 e. The number of carbonyl (C=O) groups is 2. The minimum Gasteiger partial charge on any atom is -0.351 e. The van der Waals surface area contributed by atoms with Crippen LogP contribution in [0.1, 0.15) is 67.4 Å². The molecule has 0 radical (unpaired) electrons. The molecule has 1 saturated carbocycles. The maximum atomic E-state index is 13.9. The summed E-state index contributed by atoms with van der Waals surface area (Å²) in [7, 11) is 0. The predicted molar refractivity (Wildman–Crippen MR) is 138 cm³/mol. The zero-order chi connectivity index (χ0) is 24.0. The average molecular weight is 498 g/mol. The predicted octanol–water partition coefficient (Wildman–Crippen LogP) is 6.03. The molecule has 1 atom stereocenters. The van der Waals surface area contributed by atoms with E-state index in [0.717, 1.165) is 47.9 Å². The SMILES string of the molecule is CCc1cc2c(cc3n2CC(C)(C(=O)NC2CCC(C)CC2)N(Cc2ccc(Cl)cc2)C3=O)s1. The highest BCUT2D eigenvalue weighted by Crippen LogP contribution is 2.37. The zero-order valence-corrected chi connectivity index (χ0v) is 21.6. The standard InChI is InChI=1S/C27H32ClN3O2S/c1-4-21-13-22-24(34-21)14-23-25(32)31(15-18-7-9-19(28)10-8-18)27(3,16-30(22)23)26(33)29-20-11-5-17(2)6-12-20/h7-10,13-14,17,20H,4-6,11-12,15-16H2,1-3H3,(H,29,33). The third-order valence-electron chi connectivity index (χ3n) is 7.61. The van der Waals surface area contributed by atoms with E-state index in [9.17, 15) is 9.59 Å². The zero-order valence-electron chi connectivity index (χ0n) is 20.1. The summed E-state index contributed by atoms with van der Waals surface area (Å²) in [5.41, 5.74) is 1.68. The van der Waals surface area contributed by atoms with E-state index in [1.54, 1.807) is 16.2 Å². The molecule has 1 unspecified atom stereocenters. The van der Waals surface area contributed by atoms with E-state index in [1.807, 2.05) is 37.3 Å². The molecule has 5 rings (SSSR count). The van der Waals surface area contributed by atoms with E-state index in [4.69, 9.17) is 11.6 Å². The summed E-state index contributed by atoms with van der Waals surface area (Å²) in [5.74, 6) is 0.550. The van der Waals surface area contributed by atoms with Crippen LogP contribution in [0.25, 0.3) is 10.2 Å². The first-order valence-electron chi connectivity index (χ1n) is 12.3. The Labute approximate surface area is 210 Å². The van der Waals surface area contributed by atoms with Crippen LogP contribution >= 0.6 is 22.9 Å². The molecule has 1 aliphatic heterocycles. The minimum absolute atomic E-state index is 0.0622. The molecule has 3 heterocycles. The van der Waals surface area contributed by atoms with Gasteiger partial charge in [0.15, 0.2) is 0 Å². The van der Waals surface area contributed by atoms with Gasteiger partial charge in [0.25, 0.3) is 5.91 Å². The number of hydrogen-bond donors (Lipinski definition) is 1. The molecule has 2 amide bonds. The molecule has 180 valence electrons. The largest absolute Gasteiger partial charge is 0.351 e. The molecular formula is C27H32ClN3O2S. The lowest BCUT2D eigenvalue weighted by Gasteiger charge is -2.45. The molecule has 0 saturated heterocycles. The number of aromatic nitrogens is 1. The van der Waals surface area contributed by atoms with Crippen LogP contribution in [0.15, 0.2) is 36.4 Å². The van der Waals surface area contributed by atoms with E-state index in [-0.39, 0.29) is 17.9 Å². The highest BCUT2D eigenvalue weighted by molar-refractivity contribution is 7.19. The van der Waals surface area contributed by atoms with Crippen molar-refractivity contribution < 1.29 is 9.59 Å². The molecular weight excluding hydrogens is 466 g/mol. The molecule has 1 aliphatic carbocycles. The van der Waals surface area contributed by atoms with E-state index < -0.39 is 5.54 Å². The van der Waals surface area contributed by atoms with Crippen LogP contribution < -0.4 is 5.32 Å². The first kappa shape index (κ1) is 23.4. The Morgan fingerprint density at radius 3 is 2.56 bits per heavy atom. The van der Waals surface area contributed by atoms with Gasteiger partial charge in [-0.1, -0.05) is 37.6 Å². The number of halogens is 1. The van der Waals surface area contributed by atoms with Gasteiger partial charge in [0.1, 0.15) is 11.2 Å². The van der Waals surface area contributed by atoms with Crippen molar-refractivity contribution in [3.8, 4) is 0 Å². The van der Waals surface area contributed by atoms with Crippen LogP contribution in [0, 0.1) is 5.92 Å². The van der Waals surface area contributed by atoms with E-state index >= 15 is 0 Å². The van der Waals surface area contributed by atoms with Gasteiger partial charge >= 0.3 is 0 Å². The average Bonchev–Trinajstić information content (AvgIpc) is 3.38. The third-order valence-corrected chi connectivity index (χ3v) is 9.08. The molecule has 0 bridgehead atoms. The normalized spacial score (nSPS) is 24.9. The quantitative estimate of drug-likeness (QED) is 0.468. The molecule has 1 fully saturated rings. The van der Waals surface area contributed by atoms with Gasteiger partial charge in [0, 0.05) is 22.5 Å². The van der Waals surface area contributed by atoms with Crippen LogP contribution in [0.2, 0.25) is 5.02 Å². The van der Waals surface area contributed by atoms with Gasteiger partial charge in [-0.3, -0.25) is 9.59 Å².